The predicted molar refractivity (Wildman–Crippen MR) is 186 cm³/mol. The molecule has 0 aliphatic carbocycles. The summed E-state index contributed by atoms with van der Waals surface area (Å²) in [6.45, 7) is 16.1. The van der Waals surface area contributed by atoms with Gasteiger partial charge in [-0.2, -0.15) is 11.8 Å². The molecule has 1 aliphatic rings. The number of rotatable bonds is 26. The van der Waals surface area contributed by atoms with E-state index in [1.165, 1.54) is 37.7 Å². The summed E-state index contributed by atoms with van der Waals surface area (Å²) >= 11 is 1.58. The maximum Gasteiger partial charge on any atom is 0.233 e. The molecule has 0 saturated carbocycles. The van der Waals surface area contributed by atoms with E-state index in [0.29, 0.717) is 63.6 Å². The average molecular weight is 659 g/mol. The fraction of sp³-hybridized carbons (Fsp3) is 0.824. The first-order valence-electron chi connectivity index (χ1n) is 16.8. The van der Waals surface area contributed by atoms with Crippen molar-refractivity contribution in [3.05, 3.63) is 29.8 Å². The zero-order chi connectivity index (χ0) is 32.2. The van der Waals surface area contributed by atoms with E-state index in [1.807, 2.05) is 12.1 Å². The van der Waals surface area contributed by atoms with E-state index >= 15 is 0 Å². The molecule has 44 heavy (non-hydrogen) atoms. The van der Waals surface area contributed by atoms with E-state index in [9.17, 15) is 8.42 Å². The molecule has 0 amide bonds. The lowest BCUT2D eigenvalue weighted by Crippen LogP contribution is -2.58. The van der Waals surface area contributed by atoms with E-state index < -0.39 is 10.0 Å². The summed E-state index contributed by atoms with van der Waals surface area (Å²) in [5, 5.41) is 3.74. The number of anilines is 1. The normalized spacial score (nSPS) is 16.8. The third-order valence-corrected chi connectivity index (χ3v) is 10.1. The predicted octanol–water partition coefficient (Wildman–Crippen LogP) is 6.69. The molecule has 0 spiro atoms. The van der Waals surface area contributed by atoms with Crippen molar-refractivity contribution in [3.63, 3.8) is 0 Å². The first kappa shape index (κ1) is 39.3. The summed E-state index contributed by atoms with van der Waals surface area (Å²) in [5.41, 5.74) is 2.12. The van der Waals surface area contributed by atoms with Crippen molar-refractivity contribution in [1.29, 1.82) is 0 Å². The molecule has 0 bridgehead atoms. The van der Waals surface area contributed by atoms with Gasteiger partial charge in [0, 0.05) is 34.9 Å². The van der Waals surface area contributed by atoms with Crippen molar-refractivity contribution in [2.24, 2.45) is 5.92 Å². The third-order valence-electron chi connectivity index (χ3n) is 7.65. The van der Waals surface area contributed by atoms with E-state index in [1.54, 1.807) is 11.8 Å². The van der Waals surface area contributed by atoms with Crippen molar-refractivity contribution >= 4 is 27.5 Å². The number of sulfonamides is 1. The molecular formula is C34H62N2O6S2. The molecule has 1 aliphatic heterocycles. The van der Waals surface area contributed by atoms with Crippen LogP contribution < -0.4 is 10.0 Å². The van der Waals surface area contributed by atoms with Crippen molar-refractivity contribution < 1.29 is 27.4 Å². The first-order chi connectivity index (χ1) is 21.0. The summed E-state index contributed by atoms with van der Waals surface area (Å²) in [7, 11) is -3.39. The lowest BCUT2D eigenvalue weighted by atomic mass is 9.74. The van der Waals surface area contributed by atoms with Crippen LogP contribution >= 0.6 is 11.8 Å². The largest absolute Gasteiger partial charge is 0.379 e. The van der Waals surface area contributed by atoms with Crippen LogP contribution in [0.4, 0.5) is 5.69 Å². The summed E-state index contributed by atoms with van der Waals surface area (Å²) < 4.78 is 50.1. The lowest BCUT2D eigenvalue weighted by molar-refractivity contribution is -0.000594. The number of hydrogen-bond donors (Lipinski definition) is 2. The Balaban J connectivity index is 1.41. The number of benzene rings is 1. The molecule has 2 N–H and O–H groups in total. The molecule has 1 heterocycles. The maximum absolute atomic E-state index is 12.5. The highest BCUT2D eigenvalue weighted by atomic mass is 32.2. The summed E-state index contributed by atoms with van der Waals surface area (Å²) in [5.74, 6) is 1.95. The fourth-order valence-corrected chi connectivity index (χ4v) is 8.47. The van der Waals surface area contributed by atoms with Crippen LogP contribution in [0.1, 0.15) is 91.5 Å². The molecule has 10 heteroatoms. The highest BCUT2D eigenvalue weighted by molar-refractivity contribution is 8.00. The zero-order valence-corrected chi connectivity index (χ0v) is 29.9. The second-order valence-corrected chi connectivity index (χ2v) is 16.4. The summed E-state index contributed by atoms with van der Waals surface area (Å²) in [6.07, 6.45) is 10.9. The molecule has 0 unspecified atom stereocenters. The SMILES string of the molecule is CCCCCCCCOCCOCCOCCOCCSCCS(=O)(=O)Nc1ccc(CC2CC(C)(C)NC(C)(C)C2)cc1. The van der Waals surface area contributed by atoms with Gasteiger partial charge in [0.2, 0.25) is 10.0 Å². The molecular weight excluding hydrogens is 597 g/mol. The summed E-state index contributed by atoms with van der Waals surface area (Å²) in [4.78, 5) is 0. The average Bonchev–Trinajstić information content (AvgIpc) is 2.93. The molecule has 256 valence electrons. The van der Waals surface area contributed by atoms with Gasteiger partial charge in [-0.25, -0.2) is 8.42 Å². The Morgan fingerprint density at radius 3 is 1.86 bits per heavy atom. The van der Waals surface area contributed by atoms with Crippen LogP contribution in [0.25, 0.3) is 0 Å². The number of unbranched alkanes of at least 4 members (excludes halogenated alkanes) is 5. The van der Waals surface area contributed by atoms with E-state index in [4.69, 9.17) is 18.9 Å². The van der Waals surface area contributed by atoms with Crippen LogP contribution in [0, 0.1) is 5.92 Å². The summed E-state index contributed by atoms with van der Waals surface area (Å²) in [6, 6.07) is 7.87. The van der Waals surface area contributed by atoms with Crippen LogP contribution in [0.2, 0.25) is 0 Å². The van der Waals surface area contributed by atoms with Crippen LogP contribution in [0.15, 0.2) is 24.3 Å². The Morgan fingerprint density at radius 1 is 0.750 bits per heavy atom. The number of nitrogens with one attached hydrogen (secondary N) is 2. The number of hydrogen-bond acceptors (Lipinski definition) is 8. The zero-order valence-electron chi connectivity index (χ0n) is 28.3. The minimum absolute atomic E-state index is 0.0753. The Bertz CT molecular complexity index is 956. The number of thioether (sulfide) groups is 1. The highest BCUT2D eigenvalue weighted by Crippen LogP contribution is 2.34. The standard InChI is InChI=1S/C34H62N2O6S2/c1-6-7-8-9-10-11-16-39-17-18-40-19-20-41-21-22-42-23-24-43-25-26-44(37,38)35-32-14-12-30(13-15-32)27-31-28-33(2,3)36-34(4,5)29-31/h12-15,31,35-36H,6-11,16-29H2,1-5H3. The van der Waals surface area contributed by atoms with Crippen molar-refractivity contribution in [2.75, 3.05) is 74.8 Å². The van der Waals surface area contributed by atoms with Gasteiger partial charge in [-0.15, -0.1) is 0 Å². The van der Waals surface area contributed by atoms with Gasteiger partial charge in [0.05, 0.1) is 52.0 Å². The molecule has 1 aromatic rings. The van der Waals surface area contributed by atoms with Crippen molar-refractivity contribution in [3.8, 4) is 0 Å². The smallest absolute Gasteiger partial charge is 0.233 e. The Morgan fingerprint density at radius 2 is 1.27 bits per heavy atom. The van der Waals surface area contributed by atoms with Gasteiger partial charge in [-0.3, -0.25) is 4.72 Å². The van der Waals surface area contributed by atoms with Crippen molar-refractivity contribution in [1.82, 2.24) is 5.32 Å². The van der Waals surface area contributed by atoms with E-state index in [0.717, 1.165) is 38.0 Å². The first-order valence-corrected chi connectivity index (χ1v) is 19.6. The lowest BCUT2D eigenvalue weighted by Gasteiger charge is -2.46. The Labute approximate surface area is 273 Å². The second-order valence-electron chi connectivity index (χ2n) is 13.3. The van der Waals surface area contributed by atoms with Gasteiger partial charge >= 0.3 is 0 Å². The minimum Gasteiger partial charge on any atom is -0.379 e. The molecule has 0 aromatic heterocycles. The maximum atomic E-state index is 12.5. The molecule has 1 saturated heterocycles. The third kappa shape index (κ3) is 19.6. The quantitative estimate of drug-likeness (QED) is 0.106. The minimum atomic E-state index is -3.39. The molecule has 1 fully saturated rings. The van der Waals surface area contributed by atoms with Gasteiger partial charge < -0.3 is 24.3 Å². The van der Waals surface area contributed by atoms with Gasteiger partial charge in [0.25, 0.3) is 0 Å². The monoisotopic (exact) mass is 658 g/mol. The van der Waals surface area contributed by atoms with Gasteiger partial charge in [-0.05, 0) is 77.0 Å². The highest BCUT2D eigenvalue weighted by Gasteiger charge is 2.37. The second kappa shape index (κ2) is 21.8. The van der Waals surface area contributed by atoms with Gasteiger partial charge in [0.1, 0.15) is 0 Å². The molecule has 8 nitrogen and oxygen atoms in total. The van der Waals surface area contributed by atoms with Gasteiger partial charge in [0.15, 0.2) is 0 Å². The Kier molecular flexibility index (Phi) is 19.5. The van der Waals surface area contributed by atoms with Crippen LogP contribution in [-0.2, 0) is 35.4 Å². The van der Waals surface area contributed by atoms with Crippen LogP contribution in [-0.4, -0.2) is 89.6 Å². The molecule has 1 aromatic carbocycles. The van der Waals surface area contributed by atoms with Crippen LogP contribution in [0.5, 0.6) is 0 Å². The fourth-order valence-electron chi connectivity index (χ4n) is 6.09. The topological polar surface area (TPSA) is 95.1 Å². The Hall–Kier alpha value is -0.880. The number of piperidine rings is 1. The van der Waals surface area contributed by atoms with Crippen LogP contribution in [0.3, 0.4) is 0 Å². The molecule has 0 atom stereocenters. The van der Waals surface area contributed by atoms with Gasteiger partial charge in [-0.1, -0.05) is 51.2 Å². The van der Waals surface area contributed by atoms with Crippen molar-refractivity contribution in [2.45, 2.75) is 103 Å². The van der Waals surface area contributed by atoms with E-state index in [-0.39, 0.29) is 16.8 Å². The molecule has 0 radical (unpaired) electrons. The number of ether oxygens (including phenoxy) is 4. The molecule has 2 rings (SSSR count). The van der Waals surface area contributed by atoms with E-state index in [2.05, 4.69) is 56.8 Å².